The zero-order valence-corrected chi connectivity index (χ0v) is 15.2. The highest BCUT2D eigenvalue weighted by Crippen LogP contribution is 2.34. The summed E-state index contributed by atoms with van der Waals surface area (Å²) in [6.07, 6.45) is 1.54. The predicted molar refractivity (Wildman–Crippen MR) is 93.2 cm³/mol. The molecule has 1 fully saturated rings. The van der Waals surface area contributed by atoms with Crippen molar-refractivity contribution >= 4 is 40.9 Å². The first-order chi connectivity index (χ1) is 12.4. The maximum atomic E-state index is 12.4. The third-order valence-corrected chi connectivity index (χ3v) is 4.40. The Morgan fingerprint density at radius 1 is 1.15 bits per heavy atom. The molecule has 1 saturated heterocycles. The van der Waals surface area contributed by atoms with E-state index in [0.717, 1.165) is 16.7 Å². The van der Waals surface area contributed by atoms with Crippen LogP contribution < -0.4 is 4.74 Å². The highest BCUT2D eigenvalue weighted by Gasteiger charge is 2.41. The molecule has 1 atom stereocenters. The van der Waals surface area contributed by atoms with Gasteiger partial charge in [0.1, 0.15) is 11.8 Å². The van der Waals surface area contributed by atoms with Gasteiger partial charge >= 0.3 is 11.9 Å². The van der Waals surface area contributed by atoms with Gasteiger partial charge in [-0.25, -0.2) is 9.59 Å². The Bertz CT molecular complexity index is 757. The molecule has 1 aromatic rings. The third kappa shape index (κ3) is 4.42. The topological polar surface area (TPSA) is 99.2 Å². The van der Waals surface area contributed by atoms with Crippen LogP contribution in [0.3, 0.4) is 0 Å². The van der Waals surface area contributed by atoms with Crippen molar-refractivity contribution in [2.75, 3.05) is 20.8 Å². The van der Waals surface area contributed by atoms with E-state index in [1.54, 1.807) is 30.3 Å². The maximum absolute atomic E-state index is 12.4. The van der Waals surface area contributed by atoms with Crippen molar-refractivity contribution in [3.05, 3.63) is 34.7 Å². The zero-order chi connectivity index (χ0) is 19.3. The van der Waals surface area contributed by atoms with Crippen LogP contribution >= 0.6 is 11.8 Å². The van der Waals surface area contributed by atoms with Gasteiger partial charge in [0.05, 0.1) is 19.1 Å². The summed E-state index contributed by atoms with van der Waals surface area (Å²) in [5.41, 5.74) is 0.659. The molecule has 1 aliphatic heterocycles. The number of hydrogen-bond acceptors (Lipinski definition) is 8. The van der Waals surface area contributed by atoms with Gasteiger partial charge in [0, 0.05) is 0 Å². The molecule has 8 nitrogen and oxygen atoms in total. The second kappa shape index (κ2) is 8.52. The van der Waals surface area contributed by atoms with Gasteiger partial charge in [-0.1, -0.05) is 12.1 Å². The van der Waals surface area contributed by atoms with Crippen molar-refractivity contribution in [2.24, 2.45) is 0 Å². The molecule has 1 aromatic carbocycles. The summed E-state index contributed by atoms with van der Waals surface area (Å²) in [6, 6.07) is 5.59. The first kappa shape index (κ1) is 19.5. The van der Waals surface area contributed by atoms with Gasteiger partial charge in [0.2, 0.25) is 0 Å². The number of ether oxygens (including phenoxy) is 3. The number of carbonyl (C=O) groups excluding carboxylic acids is 4. The van der Waals surface area contributed by atoms with Gasteiger partial charge in [-0.3, -0.25) is 14.5 Å². The number of methoxy groups -OCH3 is 2. The van der Waals surface area contributed by atoms with Crippen molar-refractivity contribution in [2.45, 2.75) is 13.0 Å². The Kier molecular flexibility index (Phi) is 6.40. The van der Waals surface area contributed by atoms with Crippen molar-refractivity contribution in [3.8, 4) is 5.75 Å². The minimum atomic E-state index is -0.993. The van der Waals surface area contributed by atoms with Crippen molar-refractivity contribution in [1.29, 1.82) is 0 Å². The molecule has 0 radical (unpaired) electrons. The second-order valence-electron chi connectivity index (χ2n) is 5.18. The molecular weight excluding hydrogens is 362 g/mol. The summed E-state index contributed by atoms with van der Waals surface area (Å²) in [6.45, 7) is 1.22. The van der Waals surface area contributed by atoms with E-state index in [2.05, 4.69) is 9.47 Å². The number of carbonyl (C=O) groups is 4. The molecule has 0 spiro atoms. The number of imide groups is 1. The Hall–Kier alpha value is -2.81. The van der Waals surface area contributed by atoms with E-state index in [-0.39, 0.29) is 11.5 Å². The first-order valence-corrected chi connectivity index (χ1v) is 8.33. The van der Waals surface area contributed by atoms with Crippen LogP contribution in [0.5, 0.6) is 5.75 Å². The molecule has 0 unspecified atom stereocenters. The largest absolute Gasteiger partial charge is 0.482 e. The number of amides is 2. The van der Waals surface area contributed by atoms with Gasteiger partial charge in [-0.2, -0.15) is 0 Å². The lowest BCUT2D eigenvalue weighted by Gasteiger charge is -2.18. The monoisotopic (exact) mass is 379 g/mol. The fourth-order valence-corrected chi connectivity index (χ4v) is 3.01. The second-order valence-corrected chi connectivity index (χ2v) is 6.18. The molecule has 0 N–H and O–H groups in total. The lowest BCUT2D eigenvalue weighted by molar-refractivity contribution is -0.148. The normalized spacial score (nSPS) is 16.6. The number of benzene rings is 1. The standard InChI is InChI=1S/C17H17NO7S/c1-10(16(21)24-3)18-15(20)13(26-17(18)22)8-11-4-6-12(7-5-11)25-9-14(19)23-2/h4-8,10H,9H2,1-3H3/b13-8+/t10-/m0/s1. The fraction of sp³-hybridized carbons (Fsp3) is 0.294. The summed E-state index contributed by atoms with van der Waals surface area (Å²) in [5, 5.41) is -0.530. The van der Waals surface area contributed by atoms with Crippen LogP contribution in [0.2, 0.25) is 0 Å². The summed E-state index contributed by atoms with van der Waals surface area (Å²) in [5.74, 6) is -1.26. The highest BCUT2D eigenvalue weighted by molar-refractivity contribution is 8.18. The van der Waals surface area contributed by atoms with Crippen molar-refractivity contribution in [1.82, 2.24) is 4.90 Å². The quantitative estimate of drug-likeness (QED) is 0.545. The number of rotatable bonds is 6. The first-order valence-electron chi connectivity index (χ1n) is 7.52. The SMILES string of the molecule is COC(=O)COc1ccc(/C=C2/SC(=O)N([C@@H](C)C(=O)OC)C2=O)cc1. The maximum Gasteiger partial charge on any atom is 0.343 e. The Morgan fingerprint density at radius 3 is 2.38 bits per heavy atom. The summed E-state index contributed by atoms with van der Waals surface area (Å²) >= 11 is 0.753. The van der Waals surface area contributed by atoms with E-state index in [0.29, 0.717) is 11.3 Å². The molecule has 138 valence electrons. The van der Waals surface area contributed by atoms with Crippen LogP contribution in [0.1, 0.15) is 12.5 Å². The van der Waals surface area contributed by atoms with Gasteiger partial charge in [-0.15, -0.1) is 0 Å². The number of nitrogens with zero attached hydrogens (tertiary/aromatic N) is 1. The van der Waals surface area contributed by atoms with Gasteiger partial charge in [0.25, 0.3) is 11.1 Å². The van der Waals surface area contributed by atoms with Crippen LogP contribution in [-0.4, -0.2) is 54.9 Å². The van der Waals surface area contributed by atoms with Crippen LogP contribution in [0.4, 0.5) is 4.79 Å². The van der Waals surface area contributed by atoms with E-state index < -0.39 is 29.1 Å². The lowest BCUT2D eigenvalue weighted by Crippen LogP contribution is -2.42. The lowest BCUT2D eigenvalue weighted by atomic mass is 10.2. The number of hydrogen-bond donors (Lipinski definition) is 0. The summed E-state index contributed by atoms with van der Waals surface area (Å²) in [4.78, 5) is 48.1. The molecule has 1 aliphatic rings. The molecule has 2 amide bonds. The van der Waals surface area contributed by atoms with Gasteiger partial charge in [0.15, 0.2) is 6.61 Å². The Labute approximate surface area is 154 Å². The average molecular weight is 379 g/mol. The summed E-state index contributed by atoms with van der Waals surface area (Å²) in [7, 11) is 2.46. The van der Waals surface area contributed by atoms with Crippen LogP contribution in [-0.2, 0) is 23.9 Å². The van der Waals surface area contributed by atoms with E-state index in [1.165, 1.54) is 21.1 Å². The minimum Gasteiger partial charge on any atom is -0.482 e. The minimum absolute atomic E-state index is 0.203. The fourth-order valence-electron chi connectivity index (χ4n) is 2.10. The van der Waals surface area contributed by atoms with E-state index in [9.17, 15) is 19.2 Å². The van der Waals surface area contributed by atoms with Gasteiger partial charge in [-0.05, 0) is 42.5 Å². The highest BCUT2D eigenvalue weighted by atomic mass is 32.2. The molecule has 2 rings (SSSR count). The van der Waals surface area contributed by atoms with Crippen LogP contribution in [0.15, 0.2) is 29.2 Å². The third-order valence-electron chi connectivity index (χ3n) is 3.52. The van der Waals surface area contributed by atoms with E-state index >= 15 is 0 Å². The molecule has 0 saturated carbocycles. The smallest absolute Gasteiger partial charge is 0.343 e. The average Bonchev–Trinajstić information content (AvgIpc) is 2.92. The zero-order valence-electron chi connectivity index (χ0n) is 14.4. The Balaban J connectivity index is 2.10. The van der Waals surface area contributed by atoms with Crippen LogP contribution in [0, 0.1) is 0 Å². The van der Waals surface area contributed by atoms with Crippen molar-refractivity contribution < 1.29 is 33.4 Å². The van der Waals surface area contributed by atoms with Gasteiger partial charge < -0.3 is 14.2 Å². The van der Waals surface area contributed by atoms with Crippen LogP contribution in [0.25, 0.3) is 6.08 Å². The molecule has 0 bridgehead atoms. The van der Waals surface area contributed by atoms with E-state index in [4.69, 9.17) is 4.74 Å². The predicted octanol–water partition coefficient (Wildman–Crippen LogP) is 1.84. The molecule has 0 aromatic heterocycles. The Morgan fingerprint density at radius 2 is 1.81 bits per heavy atom. The molecule has 1 heterocycles. The van der Waals surface area contributed by atoms with Crippen molar-refractivity contribution in [3.63, 3.8) is 0 Å². The summed E-state index contributed by atoms with van der Waals surface area (Å²) < 4.78 is 14.3. The molecular formula is C17H17NO7S. The molecule has 0 aliphatic carbocycles. The number of esters is 2. The molecule has 26 heavy (non-hydrogen) atoms. The number of thioether (sulfide) groups is 1. The molecule has 9 heteroatoms. The van der Waals surface area contributed by atoms with E-state index in [1.807, 2.05) is 0 Å².